The van der Waals surface area contributed by atoms with Crippen LogP contribution in [0.3, 0.4) is 0 Å². The number of halogens is 3. The predicted octanol–water partition coefficient (Wildman–Crippen LogP) is 2.43. The Morgan fingerprint density at radius 3 is 2.46 bits per heavy atom. The number of amides is 1. The molecule has 0 radical (unpaired) electrons. The van der Waals surface area contributed by atoms with Crippen LogP contribution in [0.2, 0.25) is 15.2 Å². The minimum Gasteiger partial charge on any atom is -0.466 e. The molecular formula is C13H10Cl3N3O4S. The average molecular weight is 411 g/mol. The molecule has 7 nitrogen and oxygen atoms in total. The third kappa shape index (κ3) is 4.96. The number of nitrogens with one attached hydrogen (secondary N) is 2. The van der Waals surface area contributed by atoms with Crippen molar-refractivity contribution in [2.75, 3.05) is 6.61 Å². The summed E-state index contributed by atoms with van der Waals surface area (Å²) in [6, 6.07) is 8.84. The fourth-order valence-electron chi connectivity index (χ4n) is 1.48. The van der Waals surface area contributed by atoms with Crippen molar-refractivity contribution >= 4 is 50.7 Å². The summed E-state index contributed by atoms with van der Waals surface area (Å²) in [7, 11) is -3.88. The summed E-state index contributed by atoms with van der Waals surface area (Å²) in [4.78, 5) is 17.4. The molecule has 0 unspecified atom stereocenters. The lowest BCUT2D eigenvalue weighted by Crippen LogP contribution is -2.43. The van der Waals surface area contributed by atoms with Crippen LogP contribution in [0.1, 0.15) is 0 Å². The Balaban J connectivity index is 1.92. The number of benzene rings is 1. The van der Waals surface area contributed by atoms with Crippen molar-refractivity contribution in [3.8, 4) is 5.88 Å². The van der Waals surface area contributed by atoms with E-state index in [1.54, 1.807) is 18.2 Å². The molecule has 0 spiro atoms. The maximum absolute atomic E-state index is 11.9. The maximum atomic E-state index is 11.9. The number of sulfonamides is 1. The number of hydrogen-bond donors (Lipinski definition) is 2. The molecule has 0 fully saturated rings. The Morgan fingerprint density at radius 2 is 1.79 bits per heavy atom. The number of hydrazine groups is 1. The van der Waals surface area contributed by atoms with E-state index in [-0.39, 0.29) is 26.0 Å². The minimum atomic E-state index is -3.88. The van der Waals surface area contributed by atoms with Crippen molar-refractivity contribution in [2.45, 2.75) is 4.90 Å². The lowest BCUT2D eigenvalue weighted by atomic mass is 10.4. The van der Waals surface area contributed by atoms with Gasteiger partial charge in [-0.1, -0.05) is 53.0 Å². The zero-order valence-electron chi connectivity index (χ0n) is 11.8. The van der Waals surface area contributed by atoms with Gasteiger partial charge in [-0.05, 0) is 18.2 Å². The van der Waals surface area contributed by atoms with Gasteiger partial charge >= 0.3 is 0 Å². The number of carbonyl (C=O) groups excluding carboxylic acids is 1. The number of ether oxygens (including phenoxy) is 1. The third-order valence-corrected chi connectivity index (χ3v) is 4.78. The first kappa shape index (κ1) is 18.8. The number of carbonyl (C=O) groups is 1. The van der Waals surface area contributed by atoms with Gasteiger partial charge in [-0.3, -0.25) is 10.2 Å². The molecule has 1 amide bonds. The molecule has 24 heavy (non-hydrogen) atoms. The normalized spacial score (nSPS) is 11.1. The number of nitrogens with zero attached hydrogens (tertiary/aromatic N) is 1. The highest BCUT2D eigenvalue weighted by atomic mass is 35.5. The lowest BCUT2D eigenvalue weighted by Gasteiger charge is -2.10. The Morgan fingerprint density at radius 1 is 1.12 bits per heavy atom. The summed E-state index contributed by atoms with van der Waals surface area (Å²) in [5.41, 5.74) is 2.01. The molecule has 11 heteroatoms. The van der Waals surface area contributed by atoms with Gasteiger partial charge in [0.25, 0.3) is 15.9 Å². The second-order valence-electron chi connectivity index (χ2n) is 4.30. The van der Waals surface area contributed by atoms with E-state index < -0.39 is 22.5 Å². The van der Waals surface area contributed by atoms with E-state index in [0.29, 0.717) is 0 Å². The lowest BCUT2D eigenvalue weighted by molar-refractivity contribution is -0.123. The Labute approximate surface area is 152 Å². The van der Waals surface area contributed by atoms with Crippen LogP contribution in [0, 0.1) is 0 Å². The van der Waals surface area contributed by atoms with Crippen LogP contribution in [-0.4, -0.2) is 25.9 Å². The van der Waals surface area contributed by atoms with Gasteiger partial charge in [0.15, 0.2) is 11.8 Å². The highest BCUT2D eigenvalue weighted by Crippen LogP contribution is 2.30. The standard InChI is InChI=1S/C13H10Cl3N3O4S/c14-9-6-10(15)13(17-12(9)16)23-7-11(20)18-19-24(21,22)8-4-2-1-3-5-8/h1-6,19H,7H2,(H,18,20). The molecule has 0 aliphatic rings. The molecule has 1 heterocycles. The Bertz CT molecular complexity index is 847. The molecule has 0 atom stereocenters. The van der Waals surface area contributed by atoms with E-state index in [2.05, 4.69) is 4.98 Å². The van der Waals surface area contributed by atoms with Crippen LogP contribution in [0.25, 0.3) is 0 Å². The molecule has 1 aromatic heterocycles. The summed E-state index contributed by atoms with van der Waals surface area (Å²) in [5.74, 6) is -0.870. The number of rotatable bonds is 6. The topological polar surface area (TPSA) is 97.4 Å². The fraction of sp³-hybridized carbons (Fsp3) is 0.0769. The van der Waals surface area contributed by atoms with Gasteiger partial charge in [-0.2, -0.15) is 4.98 Å². The van der Waals surface area contributed by atoms with Crippen LogP contribution >= 0.6 is 34.8 Å². The van der Waals surface area contributed by atoms with Crippen molar-refractivity contribution < 1.29 is 17.9 Å². The van der Waals surface area contributed by atoms with Crippen LogP contribution in [0.15, 0.2) is 41.3 Å². The van der Waals surface area contributed by atoms with Gasteiger partial charge < -0.3 is 4.74 Å². The summed E-state index contributed by atoms with van der Waals surface area (Å²) < 4.78 is 28.9. The summed E-state index contributed by atoms with van der Waals surface area (Å²) in [5, 5.41) is 0.150. The smallest absolute Gasteiger partial charge is 0.272 e. The molecule has 2 N–H and O–H groups in total. The average Bonchev–Trinajstić information content (AvgIpc) is 2.56. The van der Waals surface area contributed by atoms with Crippen LogP contribution in [0.5, 0.6) is 5.88 Å². The van der Waals surface area contributed by atoms with Gasteiger partial charge in [0.2, 0.25) is 5.88 Å². The second-order valence-corrected chi connectivity index (χ2v) is 7.16. The van der Waals surface area contributed by atoms with E-state index in [0.717, 1.165) is 0 Å². The van der Waals surface area contributed by atoms with Crippen molar-refractivity contribution in [3.63, 3.8) is 0 Å². The van der Waals surface area contributed by atoms with Gasteiger partial charge in [0.1, 0.15) is 5.02 Å². The SMILES string of the molecule is O=C(COc1nc(Cl)c(Cl)cc1Cl)NNS(=O)(=O)c1ccccc1. The first-order valence-corrected chi connectivity index (χ1v) is 8.91. The molecule has 2 rings (SSSR count). The molecule has 1 aromatic carbocycles. The van der Waals surface area contributed by atoms with Crippen LogP contribution in [-0.2, 0) is 14.8 Å². The van der Waals surface area contributed by atoms with Crippen LogP contribution in [0.4, 0.5) is 0 Å². The zero-order valence-corrected chi connectivity index (χ0v) is 14.9. The molecule has 2 aromatic rings. The van der Waals surface area contributed by atoms with Crippen molar-refractivity contribution in [1.82, 2.24) is 15.2 Å². The summed E-state index contributed by atoms with van der Waals surface area (Å²) >= 11 is 17.3. The van der Waals surface area contributed by atoms with Crippen molar-refractivity contribution in [2.24, 2.45) is 0 Å². The molecule has 0 aliphatic heterocycles. The molecule has 0 bridgehead atoms. The predicted molar refractivity (Wildman–Crippen MR) is 89.7 cm³/mol. The molecule has 0 saturated carbocycles. The molecule has 0 saturated heterocycles. The minimum absolute atomic E-state index is 0.000382. The first-order valence-electron chi connectivity index (χ1n) is 6.29. The number of hydrogen-bond acceptors (Lipinski definition) is 5. The van der Waals surface area contributed by atoms with E-state index >= 15 is 0 Å². The highest BCUT2D eigenvalue weighted by Gasteiger charge is 2.15. The summed E-state index contributed by atoms with van der Waals surface area (Å²) in [6.07, 6.45) is 0. The highest BCUT2D eigenvalue weighted by molar-refractivity contribution is 7.89. The van der Waals surface area contributed by atoms with E-state index in [4.69, 9.17) is 39.5 Å². The van der Waals surface area contributed by atoms with Gasteiger partial charge in [0, 0.05) is 0 Å². The molecular weight excluding hydrogens is 401 g/mol. The maximum Gasteiger partial charge on any atom is 0.272 e. The fourth-order valence-corrected chi connectivity index (χ4v) is 2.91. The third-order valence-electron chi connectivity index (χ3n) is 2.57. The molecule has 0 aliphatic carbocycles. The number of aromatic nitrogens is 1. The largest absolute Gasteiger partial charge is 0.466 e. The van der Waals surface area contributed by atoms with E-state index in [1.807, 2.05) is 10.3 Å². The number of pyridine rings is 1. The first-order chi connectivity index (χ1) is 11.3. The summed E-state index contributed by atoms with van der Waals surface area (Å²) in [6.45, 7) is -0.540. The van der Waals surface area contributed by atoms with Gasteiger partial charge in [0.05, 0.1) is 9.92 Å². The van der Waals surface area contributed by atoms with Crippen molar-refractivity contribution in [1.29, 1.82) is 0 Å². The second kappa shape index (κ2) is 8.00. The Kier molecular flexibility index (Phi) is 6.25. The van der Waals surface area contributed by atoms with Crippen molar-refractivity contribution in [3.05, 3.63) is 51.6 Å². The van der Waals surface area contributed by atoms with Gasteiger partial charge in [-0.15, -0.1) is 4.83 Å². The quantitative estimate of drug-likeness (QED) is 0.563. The van der Waals surface area contributed by atoms with Crippen LogP contribution < -0.4 is 15.0 Å². The van der Waals surface area contributed by atoms with E-state index in [1.165, 1.54) is 18.2 Å². The zero-order chi connectivity index (χ0) is 17.7. The Hall–Kier alpha value is -1.58. The van der Waals surface area contributed by atoms with Gasteiger partial charge in [-0.25, -0.2) is 8.42 Å². The monoisotopic (exact) mass is 409 g/mol. The van der Waals surface area contributed by atoms with E-state index in [9.17, 15) is 13.2 Å². The molecule has 128 valence electrons.